The Hall–Kier alpha value is -3.39. The molecular weight excluding hydrogens is 887 g/mol. The molecule has 5 aliphatic rings. The number of hydrogen-bond donors (Lipinski definition) is 2. The number of aryl methyl sites for hydroxylation is 4. The molecule has 2 N–H and O–H groups in total. The van der Waals surface area contributed by atoms with Crippen LogP contribution in [-0.4, -0.2) is 84.3 Å². The van der Waals surface area contributed by atoms with E-state index in [0.717, 1.165) is 22.5 Å². The quantitative estimate of drug-likeness (QED) is 0.185. The summed E-state index contributed by atoms with van der Waals surface area (Å²) in [4.78, 5) is 0. The SMILES string of the molecule is CC1(C)OB(B2OC(C)(C)C(C)(C)O2)OC1(C)C.Cc1cc(B2OC(C)(C)C(C)(C)O2)c(F)c2c1NC(C)(C)c1nnc(C)n1-2.Cc1cc(Br)c(F)c2c1NC(C)(C)c1nnc(C)n1-2.[HH].[HH]. The van der Waals surface area contributed by atoms with Gasteiger partial charge in [0.05, 0.1) is 60.5 Å². The van der Waals surface area contributed by atoms with Crippen molar-refractivity contribution in [2.45, 2.75) is 183 Å². The second kappa shape index (κ2) is 15.3. The summed E-state index contributed by atoms with van der Waals surface area (Å²) in [5.41, 5.74) is 1.39. The normalized spacial score (nSPS) is 22.8. The summed E-state index contributed by atoms with van der Waals surface area (Å²) < 4.78 is 70.4. The molecule has 0 spiro atoms. The molecule has 2 aromatic heterocycles. The summed E-state index contributed by atoms with van der Waals surface area (Å²) in [5.74, 6) is 2.05. The Labute approximate surface area is 389 Å². The number of nitrogens with one attached hydrogen (secondary N) is 2. The topological polar surface area (TPSA) is 141 Å². The van der Waals surface area contributed by atoms with Gasteiger partial charge in [0, 0.05) is 8.32 Å². The van der Waals surface area contributed by atoms with E-state index in [9.17, 15) is 4.39 Å². The Balaban J connectivity index is 0.000000188. The predicted octanol–water partition coefficient (Wildman–Crippen LogP) is 9.17. The molecule has 64 heavy (non-hydrogen) atoms. The zero-order chi connectivity index (χ0) is 47.9. The number of benzene rings is 2. The number of halogens is 3. The number of nitrogens with zero attached hydrogens (tertiary/aromatic N) is 6. The summed E-state index contributed by atoms with van der Waals surface area (Å²) in [6, 6.07) is 3.59. The highest BCUT2D eigenvalue weighted by molar-refractivity contribution is 9.10. The fraction of sp³-hybridized carbons (Fsp3) is 0.636. The molecular formula is C44H68B3BrF2N8O6. The van der Waals surface area contributed by atoms with E-state index in [1.165, 1.54) is 0 Å². The molecule has 3 fully saturated rings. The zero-order valence-electron chi connectivity index (χ0n) is 41.2. The van der Waals surface area contributed by atoms with Crippen molar-refractivity contribution in [1.82, 2.24) is 29.5 Å². The number of rotatable bonds is 2. The molecule has 5 aliphatic heterocycles. The molecule has 4 aromatic rings. The number of fused-ring (bicyclic) bond motifs is 6. The molecule has 3 saturated heterocycles. The van der Waals surface area contributed by atoms with Gasteiger partial charge in [-0.05, 0) is 172 Å². The first-order valence-electron chi connectivity index (χ1n) is 21.9. The number of hydrogen-bond acceptors (Lipinski definition) is 12. The van der Waals surface area contributed by atoms with E-state index in [1.54, 1.807) is 15.2 Å². The third-order valence-electron chi connectivity index (χ3n) is 14.2. The van der Waals surface area contributed by atoms with Crippen molar-refractivity contribution in [2.75, 3.05) is 10.6 Å². The highest BCUT2D eigenvalue weighted by Gasteiger charge is 2.64. The lowest BCUT2D eigenvalue weighted by Gasteiger charge is -2.35. The van der Waals surface area contributed by atoms with Crippen LogP contribution in [0.3, 0.4) is 0 Å². The minimum absolute atomic E-state index is 0. The van der Waals surface area contributed by atoms with Gasteiger partial charge in [-0.1, -0.05) is 6.07 Å². The van der Waals surface area contributed by atoms with Gasteiger partial charge in [-0.2, -0.15) is 0 Å². The molecule has 0 aliphatic carbocycles. The van der Waals surface area contributed by atoms with Gasteiger partial charge in [-0.3, -0.25) is 9.13 Å². The standard InChI is InChI=1S/C19H26BFN4O2.C13H14BrFN4.C12H24B2O4.2H2/c1-10-9-12(20-26-18(5,6)19(7,8)27-20)13(21)15-14(10)22-17(3,4)16-24-23-11(2)25(15)16;1-6-5-8(14)9(15)11-10(6)16-13(3,4)12-18-17-7(2)19(11)12;1-9(2)10(3,4)16-13(15-9)14-17-11(5,6)12(7,8)18-14;;/h9,22H,1-8H3;5,16H,1-4H3;1-8H3;2*1H. The second-order valence-corrected chi connectivity index (χ2v) is 22.5. The molecule has 2 aromatic carbocycles. The van der Waals surface area contributed by atoms with E-state index >= 15 is 4.39 Å². The van der Waals surface area contributed by atoms with E-state index < -0.39 is 37.9 Å². The van der Waals surface area contributed by atoms with Crippen molar-refractivity contribution in [3.63, 3.8) is 0 Å². The van der Waals surface area contributed by atoms with Gasteiger partial charge in [-0.25, -0.2) is 8.78 Å². The maximum Gasteiger partial charge on any atom is 0.497 e. The van der Waals surface area contributed by atoms with E-state index in [1.807, 2.05) is 145 Å². The molecule has 9 rings (SSSR count). The van der Waals surface area contributed by atoms with E-state index in [-0.39, 0.29) is 42.4 Å². The average molecular weight is 955 g/mol. The Morgan fingerprint density at radius 1 is 0.516 bits per heavy atom. The molecule has 0 atom stereocenters. The largest absolute Gasteiger partial charge is 0.497 e. The number of aromatic nitrogens is 6. The molecule has 0 radical (unpaired) electrons. The molecule has 0 amide bonds. The second-order valence-electron chi connectivity index (χ2n) is 21.7. The van der Waals surface area contributed by atoms with Gasteiger partial charge in [-0.15, -0.1) is 20.4 Å². The van der Waals surface area contributed by atoms with E-state index in [2.05, 4.69) is 47.0 Å². The molecule has 0 unspecified atom stereocenters. The predicted molar refractivity (Wildman–Crippen MR) is 255 cm³/mol. The lowest BCUT2D eigenvalue weighted by atomic mass is 9.49. The molecule has 0 bridgehead atoms. The maximum atomic E-state index is 15.8. The highest BCUT2D eigenvalue weighted by Crippen LogP contribution is 2.45. The highest BCUT2D eigenvalue weighted by atomic mass is 79.9. The summed E-state index contributed by atoms with van der Waals surface area (Å²) in [5, 5.41) is 23.5. The Morgan fingerprint density at radius 3 is 1.22 bits per heavy atom. The van der Waals surface area contributed by atoms with E-state index in [0.29, 0.717) is 44.6 Å². The van der Waals surface area contributed by atoms with Gasteiger partial charge in [0.25, 0.3) is 0 Å². The van der Waals surface area contributed by atoms with Gasteiger partial charge >= 0.3 is 21.1 Å². The fourth-order valence-electron chi connectivity index (χ4n) is 8.22. The smallest absolute Gasteiger partial charge is 0.405 e. The Bertz CT molecular complexity index is 2450. The lowest BCUT2D eigenvalue weighted by Crippen LogP contribution is -2.41. The van der Waals surface area contributed by atoms with Crippen molar-refractivity contribution in [3.8, 4) is 11.4 Å². The van der Waals surface area contributed by atoms with Crippen LogP contribution < -0.4 is 16.1 Å². The Morgan fingerprint density at radius 2 is 0.844 bits per heavy atom. The zero-order valence-corrected chi connectivity index (χ0v) is 42.7. The number of anilines is 2. The Kier molecular flexibility index (Phi) is 11.6. The van der Waals surface area contributed by atoms with Crippen LogP contribution >= 0.6 is 15.9 Å². The first-order chi connectivity index (χ1) is 29.1. The third kappa shape index (κ3) is 7.83. The van der Waals surface area contributed by atoms with Crippen molar-refractivity contribution >= 4 is 53.9 Å². The molecule has 350 valence electrons. The van der Waals surface area contributed by atoms with Crippen molar-refractivity contribution in [1.29, 1.82) is 0 Å². The lowest BCUT2D eigenvalue weighted by molar-refractivity contribution is 0.00578. The van der Waals surface area contributed by atoms with Crippen LogP contribution in [0.25, 0.3) is 11.4 Å². The van der Waals surface area contributed by atoms with Gasteiger partial charge in [0.15, 0.2) is 17.5 Å². The summed E-state index contributed by atoms with van der Waals surface area (Å²) in [7, 11) is -1.72. The van der Waals surface area contributed by atoms with Crippen LogP contribution in [0, 0.1) is 39.3 Å². The van der Waals surface area contributed by atoms with Crippen LogP contribution in [0.5, 0.6) is 0 Å². The van der Waals surface area contributed by atoms with E-state index in [4.69, 9.17) is 27.9 Å². The van der Waals surface area contributed by atoms with Crippen LogP contribution in [0.15, 0.2) is 16.6 Å². The minimum atomic E-state index is -0.769. The maximum absolute atomic E-state index is 15.8. The summed E-state index contributed by atoms with van der Waals surface area (Å²) in [6.45, 7) is 39.7. The van der Waals surface area contributed by atoms with Crippen LogP contribution in [0.4, 0.5) is 20.2 Å². The molecule has 14 nitrogen and oxygen atoms in total. The van der Waals surface area contributed by atoms with Crippen molar-refractivity contribution in [2.24, 2.45) is 0 Å². The van der Waals surface area contributed by atoms with Crippen LogP contribution in [0.2, 0.25) is 0 Å². The van der Waals surface area contributed by atoms with Crippen LogP contribution in [-0.2, 0) is 39.0 Å². The molecule has 20 heteroatoms. The van der Waals surface area contributed by atoms with Crippen molar-refractivity contribution < 1.29 is 39.6 Å². The van der Waals surface area contributed by atoms with Gasteiger partial charge < -0.3 is 38.6 Å². The summed E-state index contributed by atoms with van der Waals surface area (Å²) >= 11 is 3.26. The molecule has 0 saturated carbocycles. The fourth-order valence-corrected chi connectivity index (χ4v) is 8.75. The molecule has 7 heterocycles. The minimum Gasteiger partial charge on any atom is -0.405 e. The monoisotopic (exact) mass is 954 g/mol. The third-order valence-corrected chi connectivity index (χ3v) is 14.8. The van der Waals surface area contributed by atoms with Gasteiger partial charge in [0.1, 0.15) is 28.8 Å². The summed E-state index contributed by atoms with van der Waals surface area (Å²) in [6.07, 6.45) is 0. The van der Waals surface area contributed by atoms with Gasteiger partial charge in [0.2, 0.25) is 0 Å². The van der Waals surface area contributed by atoms with Crippen LogP contribution in [0.1, 0.15) is 148 Å². The average Bonchev–Trinajstić information content (AvgIpc) is 3.89. The first-order valence-corrected chi connectivity index (χ1v) is 22.7. The first kappa shape index (κ1) is 48.5. The van der Waals surface area contributed by atoms with Crippen molar-refractivity contribution in [3.05, 3.63) is 62.7 Å².